The first-order valence-corrected chi connectivity index (χ1v) is 10.4. The van der Waals surface area contributed by atoms with E-state index in [2.05, 4.69) is 5.10 Å². The summed E-state index contributed by atoms with van der Waals surface area (Å²) < 4.78 is 6.61. The Balaban J connectivity index is 1.54. The molecule has 0 N–H and O–H groups in total. The van der Waals surface area contributed by atoms with Crippen LogP contribution in [0.2, 0.25) is 10.2 Å². The first-order chi connectivity index (χ1) is 14.9. The van der Waals surface area contributed by atoms with Gasteiger partial charge in [0.05, 0.1) is 18.8 Å². The van der Waals surface area contributed by atoms with Gasteiger partial charge in [0, 0.05) is 21.8 Å². The third-order valence-corrected chi connectivity index (χ3v) is 5.76. The Labute approximate surface area is 189 Å². The molecule has 1 aliphatic rings. The van der Waals surface area contributed by atoms with Crippen molar-refractivity contribution in [2.45, 2.75) is 13.5 Å². The van der Waals surface area contributed by atoms with E-state index in [0.29, 0.717) is 52.4 Å². The smallest absolute Gasteiger partial charge is 0.414 e. The van der Waals surface area contributed by atoms with E-state index in [1.807, 2.05) is 31.2 Å². The van der Waals surface area contributed by atoms with Gasteiger partial charge in [0.15, 0.2) is 5.78 Å². The molecule has 158 valence electrons. The first kappa shape index (κ1) is 21.2. The largest absolute Gasteiger partial charge is 0.447 e. The highest BCUT2D eigenvalue weighted by atomic mass is 35.5. The molecule has 1 fully saturated rings. The summed E-state index contributed by atoms with van der Waals surface area (Å²) in [7, 11) is 0. The Kier molecular flexibility index (Phi) is 6.11. The summed E-state index contributed by atoms with van der Waals surface area (Å²) in [4.78, 5) is 26.0. The van der Waals surface area contributed by atoms with Gasteiger partial charge in [-0.05, 0) is 42.8 Å². The summed E-state index contributed by atoms with van der Waals surface area (Å²) in [6, 6.07) is 14.4. The van der Waals surface area contributed by atoms with Crippen LogP contribution >= 0.6 is 23.2 Å². The van der Waals surface area contributed by atoms with Crippen LogP contribution in [0.5, 0.6) is 0 Å². The maximum Gasteiger partial charge on any atom is 0.414 e. The number of hydrogen-bond acceptors (Lipinski definition) is 4. The average Bonchev–Trinajstić information content (AvgIpc) is 3.31. The van der Waals surface area contributed by atoms with Gasteiger partial charge < -0.3 is 4.74 Å². The maximum absolute atomic E-state index is 12.7. The van der Waals surface area contributed by atoms with Crippen LogP contribution in [0.15, 0.2) is 54.6 Å². The normalized spacial score (nSPS) is 13.8. The van der Waals surface area contributed by atoms with Gasteiger partial charge >= 0.3 is 6.09 Å². The van der Waals surface area contributed by atoms with Crippen molar-refractivity contribution in [2.75, 3.05) is 18.1 Å². The molecule has 0 spiro atoms. The molecule has 1 amide bonds. The quantitative estimate of drug-likeness (QED) is 0.368. The van der Waals surface area contributed by atoms with E-state index in [0.717, 1.165) is 5.56 Å². The first-order valence-electron chi connectivity index (χ1n) is 9.67. The molecular weight excluding hydrogens is 437 g/mol. The number of anilines is 1. The molecule has 0 radical (unpaired) electrons. The van der Waals surface area contributed by atoms with Crippen LogP contribution in [0.1, 0.15) is 27.2 Å². The van der Waals surface area contributed by atoms with Crippen LogP contribution < -0.4 is 4.90 Å². The zero-order valence-electron chi connectivity index (χ0n) is 16.7. The van der Waals surface area contributed by atoms with Gasteiger partial charge in [0.25, 0.3) is 0 Å². The Morgan fingerprint density at radius 1 is 1.19 bits per heavy atom. The second kappa shape index (κ2) is 8.96. The van der Waals surface area contributed by atoms with Crippen molar-refractivity contribution >= 4 is 46.8 Å². The molecule has 1 aromatic heterocycles. The van der Waals surface area contributed by atoms with Gasteiger partial charge in [0.2, 0.25) is 0 Å². The van der Waals surface area contributed by atoms with Gasteiger partial charge in [-0.2, -0.15) is 5.10 Å². The van der Waals surface area contributed by atoms with Crippen LogP contribution in [0.3, 0.4) is 0 Å². The molecule has 2 heterocycles. The van der Waals surface area contributed by atoms with E-state index in [4.69, 9.17) is 27.9 Å². The van der Waals surface area contributed by atoms with Crippen molar-refractivity contribution in [1.29, 1.82) is 0 Å². The van der Waals surface area contributed by atoms with Crippen molar-refractivity contribution in [2.24, 2.45) is 0 Å². The number of ketones is 1. The number of rotatable bonds is 6. The number of hydrogen-bond donors (Lipinski definition) is 0. The molecule has 0 saturated carbocycles. The molecule has 0 aliphatic carbocycles. The lowest BCUT2D eigenvalue weighted by molar-refractivity contribution is 0.104. The number of allylic oxidation sites excluding steroid dienone is 1. The molecule has 0 bridgehead atoms. The minimum Gasteiger partial charge on any atom is -0.447 e. The molecular formula is C23H19Cl2N3O3. The number of cyclic esters (lactones) is 1. The number of nitrogens with zero attached hydrogens (tertiary/aromatic N) is 3. The van der Waals surface area contributed by atoms with E-state index in [-0.39, 0.29) is 5.78 Å². The second-order valence-corrected chi connectivity index (χ2v) is 7.82. The van der Waals surface area contributed by atoms with Crippen molar-refractivity contribution in [3.8, 4) is 0 Å². The van der Waals surface area contributed by atoms with E-state index < -0.39 is 6.09 Å². The minimum absolute atomic E-state index is 0.205. The number of ether oxygens (including phenoxy) is 1. The third kappa shape index (κ3) is 4.50. The molecule has 1 saturated heterocycles. The minimum atomic E-state index is -0.409. The fraction of sp³-hybridized carbons (Fsp3) is 0.174. The monoisotopic (exact) mass is 455 g/mol. The topological polar surface area (TPSA) is 64.4 Å². The standard InChI is InChI=1S/C23H19Cl2N3O3/c1-15-19(22(25)28(26-15)14-17-5-2-3-8-20(17)24)9-10-21(29)16-6-4-7-18(13-16)27-11-12-31-23(27)30/h2-10,13H,11-12,14H2,1H3. The van der Waals surface area contributed by atoms with E-state index in [9.17, 15) is 9.59 Å². The molecule has 6 nitrogen and oxygen atoms in total. The number of benzene rings is 2. The lowest BCUT2D eigenvalue weighted by atomic mass is 10.1. The van der Waals surface area contributed by atoms with Gasteiger partial charge in [-0.15, -0.1) is 0 Å². The molecule has 8 heteroatoms. The van der Waals surface area contributed by atoms with Crippen molar-refractivity contribution in [3.63, 3.8) is 0 Å². The highest BCUT2D eigenvalue weighted by Gasteiger charge is 2.24. The van der Waals surface area contributed by atoms with Crippen LogP contribution in [0.25, 0.3) is 6.08 Å². The maximum atomic E-state index is 12.7. The Morgan fingerprint density at radius 2 is 2.00 bits per heavy atom. The number of carbonyl (C=O) groups excluding carboxylic acids is 2. The van der Waals surface area contributed by atoms with Crippen molar-refractivity contribution in [1.82, 2.24) is 9.78 Å². The Morgan fingerprint density at radius 3 is 2.74 bits per heavy atom. The number of carbonyl (C=O) groups is 2. The Hall–Kier alpha value is -3.09. The third-order valence-electron chi connectivity index (χ3n) is 4.99. The predicted octanol–water partition coefficient (Wildman–Crippen LogP) is 5.40. The highest BCUT2D eigenvalue weighted by molar-refractivity contribution is 6.32. The van der Waals surface area contributed by atoms with E-state index in [1.165, 1.54) is 11.0 Å². The molecule has 4 rings (SSSR count). The molecule has 0 unspecified atom stereocenters. The summed E-state index contributed by atoms with van der Waals surface area (Å²) >= 11 is 12.8. The Bertz CT molecular complexity index is 1190. The summed E-state index contributed by atoms with van der Waals surface area (Å²) in [6.45, 7) is 3.06. The molecule has 1 aliphatic heterocycles. The number of aryl methyl sites for hydroxylation is 1. The second-order valence-electron chi connectivity index (χ2n) is 7.05. The fourth-order valence-corrected chi connectivity index (χ4v) is 3.85. The fourth-order valence-electron chi connectivity index (χ4n) is 3.36. The zero-order chi connectivity index (χ0) is 22.0. The average molecular weight is 456 g/mol. The molecule has 31 heavy (non-hydrogen) atoms. The number of amides is 1. The van der Waals surface area contributed by atoms with E-state index >= 15 is 0 Å². The summed E-state index contributed by atoms with van der Waals surface area (Å²) in [5.41, 5.74) is 3.36. The lowest BCUT2D eigenvalue weighted by Gasteiger charge is -2.13. The van der Waals surface area contributed by atoms with Gasteiger partial charge in [-0.1, -0.05) is 53.5 Å². The summed E-state index contributed by atoms with van der Waals surface area (Å²) in [6.07, 6.45) is 2.71. The SMILES string of the molecule is Cc1nn(Cc2ccccc2Cl)c(Cl)c1C=CC(=O)c1cccc(N2CCOC2=O)c1. The van der Waals surface area contributed by atoms with E-state index in [1.54, 1.807) is 35.0 Å². The van der Waals surface area contributed by atoms with Crippen LogP contribution in [0.4, 0.5) is 10.5 Å². The van der Waals surface area contributed by atoms with Gasteiger partial charge in [-0.25, -0.2) is 9.48 Å². The zero-order valence-corrected chi connectivity index (χ0v) is 18.2. The van der Waals surface area contributed by atoms with Gasteiger partial charge in [0.1, 0.15) is 11.8 Å². The molecule has 2 aromatic carbocycles. The summed E-state index contributed by atoms with van der Waals surface area (Å²) in [5, 5.41) is 5.54. The van der Waals surface area contributed by atoms with Gasteiger partial charge in [-0.3, -0.25) is 9.69 Å². The highest BCUT2D eigenvalue weighted by Crippen LogP contribution is 2.25. The molecule has 3 aromatic rings. The summed E-state index contributed by atoms with van der Waals surface area (Å²) in [5.74, 6) is -0.205. The predicted molar refractivity (Wildman–Crippen MR) is 121 cm³/mol. The van der Waals surface area contributed by atoms with Crippen LogP contribution in [-0.4, -0.2) is 34.8 Å². The van der Waals surface area contributed by atoms with Crippen molar-refractivity contribution < 1.29 is 14.3 Å². The van der Waals surface area contributed by atoms with Crippen LogP contribution in [0, 0.1) is 6.92 Å². The lowest BCUT2D eigenvalue weighted by Crippen LogP contribution is -2.23. The number of aromatic nitrogens is 2. The van der Waals surface area contributed by atoms with Crippen molar-refractivity contribution in [3.05, 3.63) is 87.2 Å². The molecule has 0 atom stereocenters. The number of halogens is 2. The van der Waals surface area contributed by atoms with Crippen LogP contribution in [-0.2, 0) is 11.3 Å².